The number of likely N-dealkylation sites (tertiary alicyclic amines) is 1. The summed E-state index contributed by atoms with van der Waals surface area (Å²) in [6, 6.07) is 2.51. The molecule has 3 rings (SSSR count). The zero-order chi connectivity index (χ0) is 13.2. The molecule has 3 heterocycles. The van der Waals surface area contributed by atoms with E-state index in [1.165, 1.54) is 0 Å². The summed E-state index contributed by atoms with van der Waals surface area (Å²) in [7, 11) is 2.02. The van der Waals surface area contributed by atoms with Crippen LogP contribution in [-0.4, -0.2) is 43.9 Å². The number of aromatic nitrogens is 4. The Balaban J connectivity index is 1.48. The van der Waals surface area contributed by atoms with Gasteiger partial charge in [0.15, 0.2) is 0 Å². The third-order valence-corrected chi connectivity index (χ3v) is 3.62. The molecule has 2 aromatic rings. The summed E-state index contributed by atoms with van der Waals surface area (Å²) in [5.74, 6) is 1.12. The molecule has 0 atom stereocenters. The van der Waals surface area contributed by atoms with E-state index in [-0.39, 0.29) is 0 Å². The molecule has 0 aliphatic carbocycles. The van der Waals surface area contributed by atoms with Crippen molar-refractivity contribution in [1.29, 1.82) is 5.26 Å². The van der Waals surface area contributed by atoms with Crippen LogP contribution in [0.1, 0.15) is 17.4 Å². The van der Waals surface area contributed by atoms with E-state index in [1.54, 1.807) is 6.20 Å². The van der Waals surface area contributed by atoms with Crippen LogP contribution >= 0.6 is 0 Å². The summed E-state index contributed by atoms with van der Waals surface area (Å²) in [5.41, 5.74) is 0.631. The van der Waals surface area contributed by atoms with Crippen LogP contribution in [0.2, 0.25) is 0 Å². The van der Waals surface area contributed by atoms with E-state index >= 15 is 0 Å². The molecule has 0 unspecified atom stereocenters. The SMILES string of the molecule is Cn1ccnc1CCN1CC(n2cc(C#N)cn2)C1. The number of nitrogens with zero attached hydrogens (tertiary/aromatic N) is 6. The van der Waals surface area contributed by atoms with Gasteiger partial charge in [0.2, 0.25) is 0 Å². The van der Waals surface area contributed by atoms with E-state index in [2.05, 4.69) is 25.6 Å². The van der Waals surface area contributed by atoms with Crippen molar-refractivity contribution >= 4 is 0 Å². The molecule has 6 heteroatoms. The highest BCUT2D eigenvalue weighted by Crippen LogP contribution is 2.20. The third-order valence-electron chi connectivity index (χ3n) is 3.62. The summed E-state index contributed by atoms with van der Waals surface area (Å²) in [6.45, 7) is 3.02. The van der Waals surface area contributed by atoms with Gasteiger partial charge in [-0.3, -0.25) is 9.58 Å². The first-order valence-electron chi connectivity index (χ1n) is 6.39. The fourth-order valence-corrected chi connectivity index (χ4v) is 2.38. The fourth-order valence-electron chi connectivity index (χ4n) is 2.38. The molecule has 1 saturated heterocycles. The van der Waals surface area contributed by atoms with Crippen LogP contribution < -0.4 is 0 Å². The summed E-state index contributed by atoms with van der Waals surface area (Å²) in [5, 5.41) is 13.0. The lowest BCUT2D eigenvalue weighted by Gasteiger charge is -2.39. The molecule has 98 valence electrons. The largest absolute Gasteiger partial charge is 0.338 e. The molecule has 19 heavy (non-hydrogen) atoms. The van der Waals surface area contributed by atoms with Gasteiger partial charge in [-0.1, -0.05) is 0 Å². The molecular formula is C13H16N6. The summed E-state index contributed by atoms with van der Waals surface area (Å²) in [6.07, 6.45) is 8.22. The topological polar surface area (TPSA) is 62.7 Å². The second-order valence-corrected chi connectivity index (χ2v) is 4.94. The Hall–Kier alpha value is -2.13. The number of hydrogen-bond acceptors (Lipinski definition) is 4. The second kappa shape index (κ2) is 4.86. The first-order chi connectivity index (χ1) is 9.26. The van der Waals surface area contributed by atoms with Crippen LogP contribution in [0.15, 0.2) is 24.8 Å². The Labute approximate surface area is 111 Å². The molecule has 1 aliphatic heterocycles. The van der Waals surface area contributed by atoms with E-state index in [1.807, 2.05) is 30.3 Å². The van der Waals surface area contributed by atoms with Gasteiger partial charge in [-0.25, -0.2) is 4.98 Å². The molecular weight excluding hydrogens is 240 g/mol. The van der Waals surface area contributed by atoms with Crippen LogP contribution in [0.5, 0.6) is 0 Å². The highest BCUT2D eigenvalue weighted by Gasteiger charge is 2.28. The smallest absolute Gasteiger partial charge is 0.109 e. The van der Waals surface area contributed by atoms with Crippen molar-refractivity contribution in [2.75, 3.05) is 19.6 Å². The maximum absolute atomic E-state index is 8.77. The zero-order valence-corrected chi connectivity index (χ0v) is 10.9. The van der Waals surface area contributed by atoms with Gasteiger partial charge in [-0.15, -0.1) is 0 Å². The second-order valence-electron chi connectivity index (χ2n) is 4.94. The number of nitriles is 1. The first-order valence-corrected chi connectivity index (χ1v) is 6.39. The summed E-state index contributed by atoms with van der Waals surface area (Å²) >= 11 is 0. The van der Waals surface area contributed by atoms with Gasteiger partial charge < -0.3 is 4.57 Å². The lowest BCUT2D eigenvalue weighted by atomic mass is 10.1. The summed E-state index contributed by atoms with van der Waals surface area (Å²) < 4.78 is 3.96. The Morgan fingerprint density at radius 1 is 1.47 bits per heavy atom. The molecule has 0 radical (unpaired) electrons. The lowest BCUT2D eigenvalue weighted by Crippen LogP contribution is -2.48. The van der Waals surface area contributed by atoms with E-state index in [4.69, 9.17) is 5.26 Å². The van der Waals surface area contributed by atoms with Gasteiger partial charge in [0.05, 0.1) is 17.8 Å². The van der Waals surface area contributed by atoms with Crippen LogP contribution in [-0.2, 0) is 13.5 Å². The molecule has 0 aromatic carbocycles. The predicted octanol–water partition coefficient (Wildman–Crippen LogP) is 0.588. The minimum atomic E-state index is 0.406. The van der Waals surface area contributed by atoms with Gasteiger partial charge >= 0.3 is 0 Å². The standard InChI is InChI=1S/C13H16N6/c1-17-5-3-15-13(17)2-4-18-9-12(10-18)19-8-11(6-14)7-16-19/h3,5,7-8,12H,2,4,9-10H2,1H3. The van der Waals surface area contributed by atoms with Gasteiger partial charge in [-0.2, -0.15) is 10.4 Å². The Bertz CT molecular complexity index is 599. The molecule has 2 aromatic heterocycles. The zero-order valence-electron chi connectivity index (χ0n) is 10.9. The maximum Gasteiger partial charge on any atom is 0.109 e. The van der Waals surface area contributed by atoms with E-state index < -0.39 is 0 Å². The van der Waals surface area contributed by atoms with E-state index in [9.17, 15) is 0 Å². The van der Waals surface area contributed by atoms with Crippen LogP contribution in [0.25, 0.3) is 0 Å². The van der Waals surface area contributed by atoms with Crippen molar-refractivity contribution in [2.24, 2.45) is 7.05 Å². The molecule has 6 nitrogen and oxygen atoms in total. The average Bonchev–Trinajstić information content (AvgIpc) is 2.97. The predicted molar refractivity (Wildman–Crippen MR) is 69.3 cm³/mol. The minimum absolute atomic E-state index is 0.406. The van der Waals surface area contributed by atoms with E-state index in [0.29, 0.717) is 11.6 Å². The van der Waals surface area contributed by atoms with Crippen molar-refractivity contribution in [3.8, 4) is 6.07 Å². The summed E-state index contributed by atoms with van der Waals surface area (Å²) in [4.78, 5) is 6.70. The van der Waals surface area contributed by atoms with Crippen LogP contribution in [0.4, 0.5) is 0 Å². The molecule has 1 fully saturated rings. The number of hydrogen-bond donors (Lipinski definition) is 0. The van der Waals surface area contributed by atoms with Crippen molar-refractivity contribution in [2.45, 2.75) is 12.5 Å². The minimum Gasteiger partial charge on any atom is -0.338 e. The molecule has 0 bridgehead atoms. The van der Waals surface area contributed by atoms with Gasteiger partial charge in [0, 0.05) is 51.7 Å². The van der Waals surface area contributed by atoms with Gasteiger partial charge in [0.25, 0.3) is 0 Å². The van der Waals surface area contributed by atoms with Crippen LogP contribution in [0.3, 0.4) is 0 Å². The highest BCUT2D eigenvalue weighted by atomic mass is 15.4. The van der Waals surface area contributed by atoms with E-state index in [0.717, 1.165) is 31.9 Å². The number of rotatable bonds is 4. The molecule has 0 N–H and O–H groups in total. The number of imidazole rings is 1. The Morgan fingerprint density at radius 3 is 2.95 bits per heavy atom. The first kappa shape index (κ1) is 11.9. The van der Waals surface area contributed by atoms with Crippen molar-refractivity contribution in [3.05, 3.63) is 36.2 Å². The van der Waals surface area contributed by atoms with Crippen molar-refractivity contribution in [1.82, 2.24) is 24.2 Å². The molecule has 0 amide bonds. The molecule has 0 spiro atoms. The normalized spacial score (nSPS) is 16.2. The molecule has 0 saturated carbocycles. The van der Waals surface area contributed by atoms with Crippen LogP contribution in [0, 0.1) is 11.3 Å². The van der Waals surface area contributed by atoms with Gasteiger partial charge in [-0.05, 0) is 0 Å². The third kappa shape index (κ3) is 2.37. The monoisotopic (exact) mass is 256 g/mol. The highest BCUT2D eigenvalue weighted by molar-refractivity contribution is 5.22. The Kier molecular flexibility index (Phi) is 3.05. The van der Waals surface area contributed by atoms with Crippen molar-refractivity contribution < 1.29 is 0 Å². The quantitative estimate of drug-likeness (QED) is 0.803. The van der Waals surface area contributed by atoms with Crippen molar-refractivity contribution in [3.63, 3.8) is 0 Å². The number of aryl methyl sites for hydroxylation is 1. The lowest BCUT2D eigenvalue weighted by molar-refractivity contribution is 0.0993. The average molecular weight is 256 g/mol. The van der Waals surface area contributed by atoms with Gasteiger partial charge in [0.1, 0.15) is 11.9 Å². The fraction of sp³-hybridized carbons (Fsp3) is 0.462. The Morgan fingerprint density at radius 2 is 2.32 bits per heavy atom. The maximum atomic E-state index is 8.77. The molecule has 1 aliphatic rings.